The van der Waals surface area contributed by atoms with E-state index in [1.807, 2.05) is 23.1 Å². The largest absolute Gasteiger partial charge is 0.486 e. The smallest absolute Gasteiger partial charge is 0.230 e. The maximum atomic E-state index is 13.5. The molecule has 1 saturated heterocycles. The number of hydrogen-bond acceptors (Lipinski definition) is 5. The maximum Gasteiger partial charge on any atom is 0.230 e. The number of nitrogens with zero attached hydrogens (tertiary/aromatic N) is 1. The number of anilines is 1. The first kappa shape index (κ1) is 21.0. The van der Waals surface area contributed by atoms with Crippen molar-refractivity contribution in [3.05, 3.63) is 40.1 Å². The lowest BCUT2D eigenvalue weighted by atomic mass is 9.91. The predicted molar refractivity (Wildman–Crippen MR) is 115 cm³/mol. The summed E-state index contributed by atoms with van der Waals surface area (Å²) in [4.78, 5) is 17.8. The van der Waals surface area contributed by atoms with Crippen molar-refractivity contribution in [2.75, 3.05) is 24.7 Å². The van der Waals surface area contributed by atoms with Crippen molar-refractivity contribution in [1.82, 2.24) is 5.32 Å². The molecule has 7 heteroatoms. The molecule has 0 aliphatic carbocycles. The van der Waals surface area contributed by atoms with Crippen molar-refractivity contribution in [1.29, 1.82) is 0 Å². The first-order valence-electron chi connectivity index (χ1n) is 9.60. The van der Waals surface area contributed by atoms with E-state index < -0.39 is 0 Å². The summed E-state index contributed by atoms with van der Waals surface area (Å²) in [6.45, 7) is 6.84. The molecule has 2 aliphatic rings. The number of amides is 1. The van der Waals surface area contributed by atoms with Crippen LogP contribution in [0.25, 0.3) is 0 Å². The van der Waals surface area contributed by atoms with E-state index >= 15 is 0 Å². The Morgan fingerprint density at radius 1 is 1.21 bits per heavy atom. The van der Waals surface area contributed by atoms with Crippen LogP contribution in [-0.4, -0.2) is 31.7 Å². The van der Waals surface area contributed by atoms with Gasteiger partial charge in [0.25, 0.3) is 0 Å². The average molecular weight is 423 g/mol. The SMILES string of the molecule is Cc1ccc(CN(C(=O)[C@H]2CCN[C@@H](C)C2)c2ccc3c(c2)OCCO3)s1.Cl. The number of piperidine rings is 1. The van der Waals surface area contributed by atoms with E-state index in [1.165, 1.54) is 9.75 Å². The Kier molecular flexibility index (Phi) is 6.86. The number of halogens is 1. The number of benzene rings is 1. The third-order valence-electron chi connectivity index (χ3n) is 5.19. The number of nitrogens with one attached hydrogen (secondary N) is 1. The minimum absolute atomic E-state index is 0. The molecule has 5 nitrogen and oxygen atoms in total. The number of hydrogen-bond donors (Lipinski definition) is 1. The van der Waals surface area contributed by atoms with Gasteiger partial charge < -0.3 is 19.7 Å². The third-order valence-corrected chi connectivity index (χ3v) is 6.17. The molecule has 2 aliphatic heterocycles. The number of rotatable bonds is 4. The Bertz CT molecular complexity index is 826. The fourth-order valence-corrected chi connectivity index (χ4v) is 4.68. The van der Waals surface area contributed by atoms with Gasteiger partial charge in [0.15, 0.2) is 11.5 Å². The highest BCUT2D eigenvalue weighted by molar-refractivity contribution is 7.11. The van der Waals surface area contributed by atoms with Crippen LogP contribution in [-0.2, 0) is 11.3 Å². The Morgan fingerprint density at radius 3 is 2.71 bits per heavy atom. The van der Waals surface area contributed by atoms with Gasteiger partial charge in [-0.25, -0.2) is 0 Å². The summed E-state index contributed by atoms with van der Waals surface area (Å²) in [5.74, 6) is 1.72. The van der Waals surface area contributed by atoms with Gasteiger partial charge in [0, 0.05) is 33.5 Å². The molecular formula is C21H27ClN2O3S. The summed E-state index contributed by atoms with van der Waals surface area (Å²) in [5.41, 5.74) is 0.876. The van der Waals surface area contributed by atoms with Crippen LogP contribution in [0.2, 0.25) is 0 Å². The standard InChI is InChI=1S/C21H26N2O3S.ClH/c1-14-11-16(7-8-22-14)21(24)23(13-18-5-3-15(2)27-18)17-4-6-19-20(12-17)26-10-9-25-19;/h3-6,12,14,16,22H,7-11,13H2,1-2H3;1H/t14-,16-;/m0./s1. The zero-order valence-electron chi connectivity index (χ0n) is 16.3. The molecule has 0 unspecified atom stereocenters. The molecule has 4 rings (SSSR count). The van der Waals surface area contributed by atoms with Crippen molar-refractivity contribution < 1.29 is 14.3 Å². The molecule has 0 bridgehead atoms. The molecular weight excluding hydrogens is 396 g/mol. The summed E-state index contributed by atoms with van der Waals surface area (Å²) < 4.78 is 11.4. The van der Waals surface area contributed by atoms with Gasteiger partial charge in [-0.1, -0.05) is 0 Å². The second kappa shape index (κ2) is 9.16. The number of fused-ring (bicyclic) bond motifs is 1. The van der Waals surface area contributed by atoms with Gasteiger partial charge in [0.2, 0.25) is 5.91 Å². The quantitative estimate of drug-likeness (QED) is 0.803. The van der Waals surface area contributed by atoms with Gasteiger partial charge in [-0.15, -0.1) is 23.7 Å². The van der Waals surface area contributed by atoms with Crippen LogP contribution in [0.15, 0.2) is 30.3 Å². The number of ether oxygens (including phenoxy) is 2. The molecule has 1 fully saturated rings. The number of carbonyl (C=O) groups excluding carboxylic acids is 1. The van der Waals surface area contributed by atoms with Crippen molar-refractivity contribution >= 4 is 35.3 Å². The van der Waals surface area contributed by atoms with Crippen LogP contribution in [0.5, 0.6) is 11.5 Å². The Hall–Kier alpha value is -1.76. The molecule has 1 aromatic carbocycles. The fraction of sp³-hybridized carbons (Fsp3) is 0.476. The molecule has 1 aromatic heterocycles. The average Bonchev–Trinajstić information content (AvgIpc) is 3.10. The van der Waals surface area contributed by atoms with E-state index in [2.05, 4.69) is 31.3 Å². The number of aryl methyl sites for hydroxylation is 1. The van der Waals surface area contributed by atoms with E-state index in [4.69, 9.17) is 9.47 Å². The summed E-state index contributed by atoms with van der Waals surface area (Å²) >= 11 is 1.74. The van der Waals surface area contributed by atoms with Crippen molar-refractivity contribution in [2.24, 2.45) is 5.92 Å². The predicted octanol–water partition coefficient (Wildman–Crippen LogP) is 4.17. The third kappa shape index (κ3) is 4.62. The van der Waals surface area contributed by atoms with Gasteiger partial charge in [-0.2, -0.15) is 0 Å². The first-order chi connectivity index (χ1) is 13.1. The van der Waals surface area contributed by atoms with Crippen LogP contribution in [0, 0.1) is 12.8 Å². The highest BCUT2D eigenvalue weighted by Gasteiger charge is 2.30. The zero-order valence-corrected chi connectivity index (χ0v) is 17.9. The molecule has 0 spiro atoms. The summed E-state index contributed by atoms with van der Waals surface area (Å²) in [7, 11) is 0. The molecule has 28 heavy (non-hydrogen) atoms. The van der Waals surface area contributed by atoms with E-state index in [0.717, 1.165) is 36.6 Å². The number of carbonyl (C=O) groups is 1. The zero-order chi connectivity index (χ0) is 18.8. The van der Waals surface area contributed by atoms with Crippen molar-refractivity contribution in [3.8, 4) is 11.5 Å². The molecule has 3 heterocycles. The van der Waals surface area contributed by atoms with Crippen LogP contribution < -0.4 is 19.7 Å². The Labute approximate surface area is 176 Å². The van der Waals surface area contributed by atoms with Gasteiger partial charge in [0.1, 0.15) is 13.2 Å². The summed E-state index contributed by atoms with van der Waals surface area (Å²) in [6, 6.07) is 10.4. The van der Waals surface area contributed by atoms with Crippen LogP contribution >= 0.6 is 23.7 Å². The monoisotopic (exact) mass is 422 g/mol. The number of thiophene rings is 1. The first-order valence-corrected chi connectivity index (χ1v) is 10.4. The van der Waals surface area contributed by atoms with Gasteiger partial charge in [0.05, 0.1) is 6.54 Å². The second-order valence-corrected chi connectivity index (χ2v) is 8.71. The van der Waals surface area contributed by atoms with E-state index in [9.17, 15) is 4.79 Å². The molecule has 2 aromatic rings. The molecule has 0 radical (unpaired) electrons. The second-order valence-electron chi connectivity index (χ2n) is 7.34. The maximum absolute atomic E-state index is 13.5. The minimum Gasteiger partial charge on any atom is -0.486 e. The lowest BCUT2D eigenvalue weighted by Crippen LogP contribution is -2.44. The molecule has 1 N–H and O–H groups in total. The highest BCUT2D eigenvalue weighted by Crippen LogP contribution is 2.36. The van der Waals surface area contributed by atoms with Crippen LogP contribution in [0.3, 0.4) is 0 Å². The highest BCUT2D eigenvalue weighted by atomic mass is 35.5. The van der Waals surface area contributed by atoms with E-state index in [-0.39, 0.29) is 24.2 Å². The van der Waals surface area contributed by atoms with Gasteiger partial charge in [-0.3, -0.25) is 4.79 Å². The lowest BCUT2D eigenvalue weighted by Gasteiger charge is -2.32. The fourth-order valence-electron chi connectivity index (χ4n) is 3.80. The van der Waals surface area contributed by atoms with Gasteiger partial charge in [-0.05, 0) is 57.5 Å². The Balaban J connectivity index is 0.00000225. The molecule has 0 saturated carbocycles. The molecule has 1 amide bonds. The van der Waals surface area contributed by atoms with Crippen molar-refractivity contribution in [2.45, 2.75) is 39.3 Å². The van der Waals surface area contributed by atoms with Crippen LogP contribution in [0.4, 0.5) is 5.69 Å². The van der Waals surface area contributed by atoms with E-state index in [1.54, 1.807) is 11.3 Å². The molecule has 152 valence electrons. The van der Waals surface area contributed by atoms with E-state index in [0.29, 0.717) is 25.8 Å². The van der Waals surface area contributed by atoms with Crippen molar-refractivity contribution in [3.63, 3.8) is 0 Å². The lowest BCUT2D eigenvalue weighted by molar-refractivity contribution is -0.123. The van der Waals surface area contributed by atoms with Gasteiger partial charge >= 0.3 is 0 Å². The topological polar surface area (TPSA) is 50.8 Å². The minimum atomic E-state index is 0. The Morgan fingerprint density at radius 2 is 2.00 bits per heavy atom. The molecule has 2 atom stereocenters. The summed E-state index contributed by atoms with van der Waals surface area (Å²) in [5, 5.41) is 3.43. The normalized spacial score (nSPS) is 20.9. The van der Waals surface area contributed by atoms with Crippen LogP contribution in [0.1, 0.15) is 29.5 Å². The summed E-state index contributed by atoms with van der Waals surface area (Å²) in [6.07, 6.45) is 1.76.